The minimum atomic E-state index is -0.118. The van der Waals surface area contributed by atoms with Crippen molar-refractivity contribution < 1.29 is 9.59 Å². The van der Waals surface area contributed by atoms with Gasteiger partial charge in [0.05, 0.1) is 0 Å². The van der Waals surface area contributed by atoms with E-state index in [0.29, 0.717) is 5.56 Å². The Bertz CT molecular complexity index is 397. The van der Waals surface area contributed by atoms with Crippen LogP contribution in [0.5, 0.6) is 0 Å². The Morgan fingerprint density at radius 3 is 2.60 bits per heavy atom. The van der Waals surface area contributed by atoms with E-state index in [1.807, 2.05) is 19.9 Å². The first-order chi connectivity index (χ1) is 7.08. The number of aldehydes is 1. The zero-order valence-corrected chi connectivity index (χ0v) is 9.26. The van der Waals surface area contributed by atoms with Gasteiger partial charge in [0.2, 0.25) is 5.91 Å². The van der Waals surface area contributed by atoms with Gasteiger partial charge in [-0.2, -0.15) is 0 Å². The quantitative estimate of drug-likeness (QED) is 0.770. The molecule has 80 valence electrons. The molecule has 1 aromatic carbocycles. The number of amides is 1. The van der Waals surface area contributed by atoms with Gasteiger partial charge in [0.15, 0.2) is 0 Å². The Hall–Kier alpha value is -1.64. The zero-order valence-electron chi connectivity index (χ0n) is 9.26. The normalized spacial score (nSPS) is 9.80. The molecule has 0 unspecified atom stereocenters. The summed E-state index contributed by atoms with van der Waals surface area (Å²) < 4.78 is 0. The Kier molecular flexibility index (Phi) is 3.61. The van der Waals surface area contributed by atoms with Crippen molar-refractivity contribution in [3.63, 3.8) is 0 Å². The number of hydrogen-bond donors (Lipinski definition) is 1. The van der Waals surface area contributed by atoms with E-state index >= 15 is 0 Å². The van der Waals surface area contributed by atoms with E-state index in [1.54, 1.807) is 6.07 Å². The molecule has 1 amide bonds. The minimum Gasteiger partial charge on any atom is -0.326 e. The highest BCUT2D eigenvalue weighted by atomic mass is 16.1. The number of hydrogen-bond acceptors (Lipinski definition) is 2. The summed E-state index contributed by atoms with van der Waals surface area (Å²) in [5, 5.41) is 2.74. The highest BCUT2D eigenvalue weighted by Gasteiger charge is 2.07. The molecule has 0 radical (unpaired) electrons. The lowest BCUT2D eigenvalue weighted by atomic mass is 10.0. The van der Waals surface area contributed by atoms with Gasteiger partial charge < -0.3 is 5.32 Å². The lowest BCUT2D eigenvalue weighted by molar-refractivity contribution is -0.114. The topological polar surface area (TPSA) is 46.2 Å². The molecule has 0 heterocycles. The highest BCUT2D eigenvalue weighted by molar-refractivity contribution is 5.91. The molecule has 0 saturated heterocycles. The summed E-state index contributed by atoms with van der Waals surface area (Å²) >= 11 is 0. The van der Waals surface area contributed by atoms with Gasteiger partial charge in [-0.1, -0.05) is 6.92 Å². The third kappa shape index (κ3) is 2.65. The van der Waals surface area contributed by atoms with Gasteiger partial charge in [0.25, 0.3) is 0 Å². The van der Waals surface area contributed by atoms with Crippen molar-refractivity contribution in [2.75, 3.05) is 5.32 Å². The first-order valence-electron chi connectivity index (χ1n) is 4.94. The van der Waals surface area contributed by atoms with Gasteiger partial charge in [-0.05, 0) is 36.6 Å². The molecule has 3 nitrogen and oxygen atoms in total. The van der Waals surface area contributed by atoms with E-state index < -0.39 is 0 Å². The van der Waals surface area contributed by atoms with Crippen LogP contribution in [-0.4, -0.2) is 12.2 Å². The molecule has 15 heavy (non-hydrogen) atoms. The van der Waals surface area contributed by atoms with Crippen molar-refractivity contribution in [1.82, 2.24) is 0 Å². The van der Waals surface area contributed by atoms with Crippen molar-refractivity contribution in [3.05, 3.63) is 28.8 Å². The number of anilines is 1. The van der Waals surface area contributed by atoms with Gasteiger partial charge in [0, 0.05) is 18.2 Å². The molecular weight excluding hydrogens is 190 g/mol. The summed E-state index contributed by atoms with van der Waals surface area (Å²) in [6.45, 7) is 5.42. The molecule has 3 heteroatoms. The van der Waals surface area contributed by atoms with Gasteiger partial charge in [0.1, 0.15) is 6.29 Å². The average Bonchev–Trinajstić information content (AvgIpc) is 2.16. The third-order valence-corrected chi connectivity index (χ3v) is 2.30. The largest absolute Gasteiger partial charge is 0.326 e. The van der Waals surface area contributed by atoms with Crippen LogP contribution in [0.3, 0.4) is 0 Å². The van der Waals surface area contributed by atoms with E-state index in [0.717, 1.165) is 29.5 Å². The fourth-order valence-electron chi connectivity index (χ4n) is 1.68. The van der Waals surface area contributed by atoms with Gasteiger partial charge >= 0.3 is 0 Å². The van der Waals surface area contributed by atoms with Crippen LogP contribution in [0.4, 0.5) is 5.69 Å². The number of carbonyl (C=O) groups is 2. The molecular formula is C12H15NO2. The maximum atomic E-state index is 11.0. The maximum absolute atomic E-state index is 11.0. The van der Waals surface area contributed by atoms with Crippen LogP contribution < -0.4 is 5.32 Å². The van der Waals surface area contributed by atoms with Crippen molar-refractivity contribution in [2.24, 2.45) is 0 Å². The molecule has 0 spiro atoms. The summed E-state index contributed by atoms with van der Waals surface area (Å²) in [6, 6.07) is 3.54. The van der Waals surface area contributed by atoms with Crippen LogP contribution in [0.15, 0.2) is 12.1 Å². The summed E-state index contributed by atoms with van der Waals surface area (Å²) in [6.07, 6.45) is 1.62. The van der Waals surface area contributed by atoms with Gasteiger partial charge in [-0.15, -0.1) is 0 Å². The van der Waals surface area contributed by atoms with E-state index in [1.165, 1.54) is 6.92 Å². The second-order valence-corrected chi connectivity index (χ2v) is 3.52. The molecule has 0 aliphatic heterocycles. The monoisotopic (exact) mass is 205 g/mol. The molecule has 0 aliphatic carbocycles. The Morgan fingerprint density at radius 2 is 2.13 bits per heavy atom. The number of carbonyl (C=O) groups excluding carboxylic acids is 2. The lowest BCUT2D eigenvalue weighted by Gasteiger charge is -2.12. The average molecular weight is 205 g/mol. The lowest BCUT2D eigenvalue weighted by Crippen LogP contribution is -2.09. The second-order valence-electron chi connectivity index (χ2n) is 3.52. The fraction of sp³-hybridized carbons (Fsp3) is 0.333. The summed E-state index contributed by atoms with van der Waals surface area (Å²) in [4.78, 5) is 21.7. The third-order valence-electron chi connectivity index (χ3n) is 2.30. The van der Waals surface area contributed by atoms with Crippen molar-refractivity contribution in [2.45, 2.75) is 27.2 Å². The molecule has 0 atom stereocenters. The molecule has 0 fully saturated rings. The minimum absolute atomic E-state index is 0.118. The molecule has 1 N–H and O–H groups in total. The SMILES string of the molecule is CCc1c(C)cc(C=O)cc1NC(C)=O. The van der Waals surface area contributed by atoms with Crippen LogP contribution in [0.25, 0.3) is 0 Å². The Labute approximate surface area is 89.5 Å². The Morgan fingerprint density at radius 1 is 1.47 bits per heavy atom. The van der Waals surface area contributed by atoms with E-state index in [2.05, 4.69) is 5.32 Å². The Balaban J connectivity index is 3.25. The van der Waals surface area contributed by atoms with Crippen molar-refractivity contribution in [1.29, 1.82) is 0 Å². The standard InChI is InChI=1S/C12H15NO2/c1-4-11-8(2)5-10(7-14)6-12(11)13-9(3)15/h5-7H,4H2,1-3H3,(H,13,15). The van der Waals surface area contributed by atoms with Crippen LogP contribution >= 0.6 is 0 Å². The first-order valence-corrected chi connectivity index (χ1v) is 4.94. The van der Waals surface area contributed by atoms with Gasteiger partial charge in [-0.3, -0.25) is 9.59 Å². The van der Waals surface area contributed by atoms with E-state index in [9.17, 15) is 9.59 Å². The maximum Gasteiger partial charge on any atom is 0.221 e. The number of aryl methyl sites for hydroxylation is 1. The molecule has 0 aliphatic rings. The molecule has 1 aromatic rings. The van der Waals surface area contributed by atoms with E-state index in [-0.39, 0.29) is 5.91 Å². The van der Waals surface area contributed by atoms with Crippen LogP contribution in [0.1, 0.15) is 35.3 Å². The smallest absolute Gasteiger partial charge is 0.221 e. The van der Waals surface area contributed by atoms with Crippen LogP contribution in [0.2, 0.25) is 0 Å². The highest BCUT2D eigenvalue weighted by Crippen LogP contribution is 2.22. The van der Waals surface area contributed by atoms with E-state index in [4.69, 9.17) is 0 Å². The van der Waals surface area contributed by atoms with Crippen LogP contribution in [-0.2, 0) is 11.2 Å². The van der Waals surface area contributed by atoms with Crippen LogP contribution in [0, 0.1) is 6.92 Å². The van der Waals surface area contributed by atoms with Crippen molar-refractivity contribution >= 4 is 17.9 Å². The number of nitrogens with one attached hydrogen (secondary N) is 1. The predicted octanol–water partition coefficient (Wildman–Crippen LogP) is 2.33. The summed E-state index contributed by atoms with van der Waals surface area (Å²) in [7, 11) is 0. The first kappa shape index (κ1) is 11.4. The molecule has 0 bridgehead atoms. The molecule has 0 saturated carbocycles. The molecule has 1 rings (SSSR count). The zero-order chi connectivity index (χ0) is 11.4. The summed E-state index contributed by atoms with van der Waals surface area (Å²) in [5.74, 6) is -0.118. The predicted molar refractivity (Wildman–Crippen MR) is 60.2 cm³/mol. The van der Waals surface area contributed by atoms with Gasteiger partial charge in [-0.25, -0.2) is 0 Å². The fourth-order valence-corrected chi connectivity index (χ4v) is 1.68. The summed E-state index contributed by atoms with van der Waals surface area (Å²) in [5.41, 5.74) is 3.45. The number of rotatable bonds is 3. The second kappa shape index (κ2) is 4.73. The van der Waals surface area contributed by atoms with Crippen molar-refractivity contribution in [3.8, 4) is 0 Å². The number of benzene rings is 1. The molecule has 0 aromatic heterocycles.